The van der Waals surface area contributed by atoms with Gasteiger partial charge in [0.05, 0.1) is 35.3 Å². The van der Waals surface area contributed by atoms with Crippen LogP contribution in [0.1, 0.15) is 24.9 Å². The van der Waals surface area contributed by atoms with Gasteiger partial charge in [-0.15, -0.1) is 0 Å². The second-order valence-corrected chi connectivity index (χ2v) is 7.25. The predicted molar refractivity (Wildman–Crippen MR) is 79.8 cm³/mol. The average molecular weight is 368 g/mol. The molecule has 0 radical (unpaired) electrons. The summed E-state index contributed by atoms with van der Waals surface area (Å²) in [7, 11) is -2.64. The lowest BCUT2D eigenvalue weighted by Crippen LogP contribution is -2.28. The average Bonchev–Trinajstić information content (AvgIpc) is 3.03. The summed E-state index contributed by atoms with van der Waals surface area (Å²) in [5.41, 5.74) is 0.404. The third-order valence-electron chi connectivity index (χ3n) is 3.44. The summed E-state index contributed by atoms with van der Waals surface area (Å²) in [5, 5.41) is 7.81. The highest BCUT2D eigenvalue weighted by Crippen LogP contribution is 2.25. The zero-order valence-electron chi connectivity index (χ0n) is 12.7. The molecule has 0 aliphatic heterocycles. The maximum Gasteiger partial charge on any atom is 0.333 e. The van der Waals surface area contributed by atoms with E-state index in [2.05, 4.69) is 10.2 Å². The summed E-state index contributed by atoms with van der Waals surface area (Å²) >= 11 is 6.02. The van der Waals surface area contributed by atoms with E-state index in [0.29, 0.717) is 21.9 Å². The number of sulfonamides is 1. The first kappa shape index (κ1) is 17.8. The number of halogens is 3. The first-order valence-electron chi connectivity index (χ1n) is 6.68. The Labute approximate surface area is 137 Å². The molecule has 0 saturated carbocycles. The topological polar surface area (TPSA) is 73.0 Å². The Morgan fingerprint density at radius 3 is 2.52 bits per heavy atom. The molecule has 2 heterocycles. The number of hydrogen-bond acceptors (Lipinski definition) is 4. The fourth-order valence-corrected chi connectivity index (χ4v) is 3.62. The van der Waals surface area contributed by atoms with Crippen LogP contribution in [0, 0.1) is 6.92 Å². The Kier molecular flexibility index (Phi) is 5.07. The van der Waals surface area contributed by atoms with Gasteiger partial charge in [0, 0.05) is 13.6 Å². The number of aromatic nitrogens is 4. The number of hydrogen-bond donors (Lipinski definition) is 0. The number of rotatable bonds is 6. The van der Waals surface area contributed by atoms with E-state index in [-0.39, 0.29) is 17.1 Å². The summed E-state index contributed by atoms with van der Waals surface area (Å²) in [4.78, 5) is -0.265. The zero-order valence-corrected chi connectivity index (χ0v) is 14.3. The van der Waals surface area contributed by atoms with Crippen molar-refractivity contribution in [3.63, 3.8) is 0 Å². The summed E-state index contributed by atoms with van der Waals surface area (Å²) in [5.74, 6) is 0. The molecular weight excluding hydrogens is 352 g/mol. The van der Waals surface area contributed by atoms with Crippen LogP contribution < -0.4 is 0 Å². The second kappa shape index (κ2) is 6.54. The zero-order chi connectivity index (χ0) is 17.4. The molecule has 0 amide bonds. The summed E-state index contributed by atoms with van der Waals surface area (Å²) in [6.07, 6.45) is 2.35. The summed E-state index contributed by atoms with van der Waals surface area (Å²) in [6, 6.07) is 0. The van der Waals surface area contributed by atoms with Crippen LogP contribution in [0.25, 0.3) is 0 Å². The summed E-state index contributed by atoms with van der Waals surface area (Å²) in [6.45, 7) is 0.716. The Hall–Kier alpha value is -1.52. The predicted octanol–water partition coefficient (Wildman–Crippen LogP) is 2.28. The van der Waals surface area contributed by atoms with Crippen molar-refractivity contribution in [2.45, 2.75) is 38.4 Å². The number of nitrogens with zero attached hydrogens (tertiary/aromatic N) is 5. The SMILES string of the molecule is CCn1ncc(Cl)c1CN(C)S(=O)(=O)c1cnn(C(F)F)c1C. The van der Waals surface area contributed by atoms with Gasteiger partial charge in [-0.3, -0.25) is 4.68 Å². The molecule has 0 unspecified atom stereocenters. The van der Waals surface area contributed by atoms with Crippen molar-refractivity contribution in [2.75, 3.05) is 7.05 Å². The van der Waals surface area contributed by atoms with Crippen LogP contribution in [0.2, 0.25) is 5.02 Å². The highest BCUT2D eigenvalue weighted by atomic mass is 35.5. The minimum absolute atomic E-state index is 0.0334. The van der Waals surface area contributed by atoms with Gasteiger partial charge in [0.2, 0.25) is 10.0 Å². The molecule has 0 aliphatic rings. The van der Waals surface area contributed by atoms with Crippen LogP contribution in [0.3, 0.4) is 0 Å². The molecule has 0 aliphatic carbocycles. The molecule has 0 spiro atoms. The Balaban J connectivity index is 2.34. The molecule has 2 aromatic heterocycles. The van der Waals surface area contributed by atoms with Crippen molar-refractivity contribution >= 4 is 21.6 Å². The van der Waals surface area contributed by atoms with Crippen LogP contribution in [-0.2, 0) is 23.1 Å². The molecule has 0 saturated heterocycles. The van der Waals surface area contributed by atoms with E-state index >= 15 is 0 Å². The van der Waals surface area contributed by atoms with Gasteiger partial charge in [-0.1, -0.05) is 11.6 Å². The standard InChI is InChI=1S/C12H16ClF2N5O2S/c1-4-19-10(9(13)5-16-19)7-18(3)23(21,22)11-6-17-20(8(11)2)12(14)15/h5-6,12H,4,7H2,1-3H3. The van der Waals surface area contributed by atoms with Crippen molar-refractivity contribution in [3.05, 3.63) is 28.8 Å². The van der Waals surface area contributed by atoms with Crippen molar-refractivity contribution in [3.8, 4) is 0 Å². The number of aryl methyl sites for hydroxylation is 1. The molecule has 2 rings (SSSR count). The summed E-state index contributed by atoms with van der Waals surface area (Å²) < 4.78 is 53.6. The third-order valence-corrected chi connectivity index (χ3v) is 5.66. The molecular formula is C12H16ClF2N5O2S. The van der Waals surface area contributed by atoms with Gasteiger partial charge < -0.3 is 0 Å². The quantitative estimate of drug-likeness (QED) is 0.785. The molecule has 11 heteroatoms. The van der Waals surface area contributed by atoms with Crippen molar-refractivity contribution in [1.29, 1.82) is 0 Å². The smallest absolute Gasteiger partial charge is 0.267 e. The molecule has 0 N–H and O–H groups in total. The maximum atomic E-state index is 12.8. The van der Waals surface area contributed by atoms with Gasteiger partial charge in [-0.2, -0.15) is 23.3 Å². The first-order chi connectivity index (χ1) is 10.7. The van der Waals surface area contributed by atoms with E-state index in [0.717, 1.165) is 10.5 Å². The lowest BCUT2D eigenvalue weighted by Gasteiger charge is -2.17. The largest absolute Gasteiger partial charge is 0.333 e. The Morgan fingerprint density at radius 2 is 2.00 bits per heavy atom. The molecule has 0 bridgehead atoms. The van der Waals surface area contributed by atoms with Crippen LogP contribution >= 0.6 is 11.6 Å². The Bertz CT molecular complexity index is 802. The molecule has 0 atom stereocenters. The minimum Gasteiger partial charge on any atom is -0.267 e. The third kappa shape index (κ3) is 3.24. The fraction of sp³-hybridized carbons (Fsp3) is 0.500. The molecule has 23 heavy (non-hydrogen) atoms. The van der Waals surface area contributed by atoms with Gasteiger partial charge in [-0.05, 0) is 13.8 Å². The van der Waals surface area contributed by atoms with Gasteiger partial charge in [0.1, 0.15) is 4.90 Å². The van der Waals surface area contributed by atoms with Crippen molar-refractivity contribution in [1.82, 2.24) is 23.9 Å². The van der Waals surface area contributed by atoms with Gasteiger partial charge in [-0.25, -0.2) is 13.1 Å². The van der Waals surface area contributed by atoms with E-state index in [1.54, 1.807) is 4.68 Å². The van der Waals surface area contributed by atoms with Crippen molar-refractivity contribution < 1.29 is 17.2 Å². The normalized spacial score (nSPS) is 12.5. The molecule has 128 valence electrons. The second-order valence-electron chi connectivity index (χ2n) is 4.83. The molecule has 7 nitrogen and oxygen atoms in total. The van der Waals surface area contributed by atoms with E-state index in [4.69, 9.17) is 11.6 Å². The highest BCUT2D eigenvalue weighted by Gasteiger charge is 2.28. The monoisotopic (exact) mass is 367 g/mol. The van der Waals surface area contributed by atoms with Gasteiger partial charge in [0.25, 0.3) is 0 Å². The van der Waals surface area contributed by atoms with E-state index in [1.807, 2.05) is 6.92 Å². The lowest BCUT2D eigenvalue weighted by atomic mass is 10.4. The Morgan fingerprint density at radius 1 is 1.35 bits per heavy atom. The lowest BCUT2D eigenvalue weighted by molar-refractivity contribution is 0.0541. The molecule has 2 aromatic rings. The van der Waals surface area contributed by atoms with E-state index in [9.17, 15) is 17.2 Å². The van der Waals surface area contributed by atoms with Gasteiger partial charge >= 0.3 is 6.55 Å². The number of alkyl halides is 2. The fourth-order valence-electron chi connectivity index (χ4n) is 2.14. The molecule has 0 fully saturated rings. The van der Waals surface area contributed by atoms with E-state index in [1.165, 1.54) is 20.2 Å². The van der Waals surface area contributed by atoms with E-state index < -0.39 is 16.6 Å². The van der Waals surface area contributed by atoms with Crippen molar-refractivity contribution in [2.24, 2.45) is 0 Å². The molecule has 0 aromatic carbocycles. The highest BCUT2D eigenvalue weighted by molar-refractivity contribution is 7.89. The van der Waals surface area contributed by atoms with Gasteiger partial charge in [0.15, 0.2) is 0 Å². The van der Waals surface area contributed by atoms with Crippen LogP contribution in [-0.4, -0.2) is 39.3 Å². The van der Waals surface area contributed by atoms with Crippen LogP contribution in [0.4, 0.5) is 8.78 Å². The maximum absolute atomic E-state index is 12.8. The van der Waals surface area contributed by atoms with Crippen LogP contribution in [0.15, 0.2) is 17.3 Å². The first-order valence-corrected chi connectivity index (χ1v) is 8.50. The minimum atomic E-state index is -3.98. The van der Waals surface area contributed by atoms with Crippen LogP contribution in [0.5, 0.6) is 0 Å².